The van der Waals surface area contributed by atoms with Crippen LogP contribution in [0.2, 0.25) is 0 Å². The summed E-state index contributed by atoms with van der Waals surface area (Å²) in [5.41, 5.74) is 10.2. The lowest BCUT2D eigenvalue weighted by atomic mass is 10.1. The van der Waals surface area contributed by atoms with Crippen molar-refractivity contribution in [3.05, 3.63) is 132 Å². The molecule has 3 aliphatic heterocycles. The molecule has 73 heavy (non-hydrogen) atoms. The Bertz CT molecular complexity index is 3030. The summed E-state index contributed by atoms with van der Waals surface area (Å²) in [6, 6.07) is 34.5. The SMILES string of the molecule is Cc1cnc(Nc2ccc(OCCC3CCCN3)cc2)nc1-c1ccc(-c2c(C)noc2C)s1.Cc1cnc(Nc2ccc(OCCC3CCCN3)cc2)nc1-c1ccc(-c2cccc(N3CCOCC3)c2)s1. The summed E-state index contributed by atoms with van der Waals surface area (Å²) < 4.78 is 22.7. The van der Waals surface area contributed by atoms with Crippen LogP contribution in [0.4, 0.5) is 29.0 Å². The van der Waals surface area contributed by atoms with Gasteiger partial charge in [0.2, 0.25) is 11.9 Å². The average molecular weight is 1020 g/mol. The van der Waals surface area contributed by atoms with Gasteiger partial charge in [0.1, 0.15) is 17.3 Å². The van der Waals surface area contributed by atoms with Crippen LogP contribution < -0.4 is 35.6 Å². The molecular weight excluding hydrogens is 953 g/mol. The van der Waals surface area contributed by atoms with Gasteiger partial charge in [-0.2, -0.15) is 0 Å². The number of anilines is 5. The van der Waals surface area contributed by atoms with Crippen molar-refractivity contribution in [1.29, 1.82) is 0 Å². The minimum atomic E-state index is 0.564. The number of morpholine rings is 1. The first-order valence-electron chi connectivity index (χ1n) is 25.5. The minimum absolute atomic E-state index is 0.564. The number of nitrogens with zero attached hydrogens (tertiary/aromatic N) is 6. The van der Waals surface area contributed by atoms with Gasteiger partial charge in [-0.3, -0.25) is 0 Å². The van der Waals surface area contributed by atoms with Gasteiger partial charge in [-0.05, 0) is 181 Å². The molecule has 8 heterocycles. The molecule has 3 aliphatic rings. The maximum atomic E-state index is 5.94. The molecule has 16 heteroatoms. The fourth-order valence-electron chi connectivity index (χ4n) is 9.41. The van der Waals surface area contributed by atoms with Crippen molar-refractivity contribution >= 4 is 51.6 Å². The Balaban J connectivity index is 0.000000169. The van der Waals surface area contributed by atoms with Crippen molar-refractivity contribution in [2.45, 2.75) is 78.3 Å². The number of ether oxygens (including phenoxy) is 3. The predicted octanol–water partition coefficient (Wildman–Crippen LogP) is 12.3. The lowest BCUT2D eigenvalue weighted by Gasteiger charge is -2.29. The molecule has 0 aliphatic carbocycles. The first-order chi connectivity index (χ1) is 35.8. The second-order valence-electron chi connectivity index (χ2n) is 18.8. The second kappa shape index (κ2) is 23.9. The summed E-state index contributed by atoms with van der Waals surface area (Å²) in [4.78, 5) is 25.6. The third kappa shape index (κ3) is 12.9. The Morgan fingerprint density at radius 1 is 0.644 bits per heavy atom. The van der Waals surface area contributed by atoms with E-state index in [1.807, 2.05) is 81.7 Å². The summed E-state index contributed by atoms with van der Waals surface area (Å²) in [5.74, 6) is 3.73. The smallest absolute Gasteiger partial charge is 0.227 e. The van der Waals surface area contributed by atoms with Gasteiger partial charge in [-0.25, -0.2) is 19.9 Å². The molecule has 0 bridgehead atoms. The van der Waals surface area contributed by atoms with Crippen LogP contribution >= 0.6 is 22.7 Å². The largest absolute Gasteiger partial charge is 0.494 e. The Kier molecular flexibility index (Phi) is 16.3. The van der Waals surface area contributed by atoms with Crippen molar-refractivity contribution in [3.8, 4) is 53.5 Å². The van der Waals surface area contributed by atoms with Gasteiger partial charge in [-0.1, -0.05) is 17.3 Å². The number of nitrogens with one attached hydrogen (secondary N) is 4. The van der Waals surface area contributed by atoms with E-state index in [0.717, 1.165) is 142 Å². The van der Waals surface area contributed by atoms with Crippen molar-refractivity contribution in [3.63, 3.8) is 0 Å². The highest BCUT2D eigenvalue weighted by molar-refractivity contribution is 7.19. The molecule has 8 aromatic rings. The number of aromatic nitrogens is 5. The van der Waals surface area contributed by atoms with E-state index in [1.165, 1.54) is 41.8 Å². The zero-order valence-electron chi connectivity index (χ0n) is 42.1. The minimum Gasteiger partial charge on any atom is -0.494 e. The van der Waals surface area contributed by atoms with Crippen molar-refractivity contribution in [2.24, 2.45) is 0 Å². The number of benzene rings is 3. The van der Waals surface area contributed by atoms with Gasteiger partial charge in [0.25, 0.3) is 0 Å². The highest BCUT2D eigenvalue weighted by atomic mass is 32.1. The van der Waals surface area contributed by atoms with Crippen LogP contribution in [0.25, 0.3) is 42.0 Å². The van der Waals surface area contributed by atoms with Gasteiger partial charge >= 0.3 is 0 Å². The number of hydrogen-bond donors (Lipinski definition) is 4. The van der Waals surface area contributed by atoms with Crippen LogP contribution in [0, 0.1) is 27.7 Å². The molecule has 2 unspecified atom stereocenters. The molecule has 0 spiro atoms. The highest BCUT2D eigenvalue weighted by Crippen LogP contribution is 2.39. The molecule has 2 atom stereocenters. The van der Waals surface area contributed by atoms with E-state index in [2.05, 4.69) is 96.7 Å². The van der Waals surface area contributed by atoms with Crippen molar-refractivity contribution in [2.75, 3.05) is 68.1 Å². The number of aryl methyl sites for hydroxylation is 4. The van der Waals surface area contributed by atoms with E-state index < -0.39 is 0 Å². The first-order valence-corrected chi connectivity index (χ1v) is 27.1. The molecule has 0 radical (unpaired) electrons. The standard InChI is InChI=1S/C31H35N5O2S.C26H29N5O2S/c1-22-21-33-31(34-25-7-9-27(10-8-25)38-17-13-24-5-3-14-32-24)35-30(22)29-12-11-28(39-29)23-4-2-6-26(20-23)36-15-18-37-19-16-36;1-16-15-28-26(29-20-6-8-21(9-7-20)32-14-12-19-5-4-13-27-19)30-25(16)23-11-10-22(34-23)24-17(2)31-33-18(24)3/h2,4,6-12,20-21,24,32H,3,5,13-19H2,1H3,(H,33,34,35);6-11,15,19,27H,4-5,12-14H2,1-3H3,(H,28,29,30). The molecular formula is C57H64N10O4S2. The Hall–Kier alpha value is -6.69. The van der Waals surface area contributed by atoms with Crippen LogP contribution in [0.3, 0.4) is 0 Å². The lowest BCUT2D eigenvalue weighted by Crippen LogP contribution is -2.36. The average Bonchev–Trinajstić information content (AvgIpc) is 4.30. The molecule has 5 aromatic heterocycles. The quantitative estimate of drug-likeness (QED) is 0.0683. The topological polar surface area (TPSA) is 157 Å². The van der Waals surface area contributed by atoms with Crippen molar-refractivity contribution in [1.82, 2.24) is 35.7 Å². The van der Waals surface area contributed by atoms with Gasteiger partial charge < -0.3 is 44.9 Å². The normalized spacial score (nSPS) is 16.5. The second-order valence-corrected chi connectivity index (χ2v) is 21.0. The fraction of sp³-hybridized carbons (Fsp3) is 0.351. The van der Waals surface area contributed by atoms with Gasteiger partial charge in [0.05, 0.1) is 58.8 Å². The van der Waals surface area contributed by atoms with E-state index in [4.69, 9.17) is 28.7 Å². The third-order valence-electron chi connectivity index (χ3n) is 13.4. The highest BCUT2D eigenvalue weighted by Gasteiger charge is 2.19. The lowest BCUT2D eigenvalue weighted by molar-refractivity contribution is 0.122. The molecule has 0 amide bonds. The molecule has 3 saturated heterocycles. The summed E-state index contributed by atoms with van der Waals surface area (Å²) >= 11 is 3.44. The van der Waals surface area contributed by atoms with Gasteiger partial charge in [0.15, 0.2) is 0 Å². The summed E-state index contributed by atoms with van der Waals surface area (Å²) in [6.45, 7) is 15.1. The third-order valence-corrected chi connectivity index (χ3v) is 15.7. The summed E-state index contributed by atoms with van der Waals surface area (Å²) in [6.07, 6.45) is 10.9. The zero-order valence-corrected chi connectivity index (χ0v) is 43.7. The molecule has 3 aromatic carbocycles. The summed E-state index contributed by atoms with van der Waals surface area (Å²) in [7, 11) is 0. The van der Waals surface area contributed by atoms with E-state index >= 15 is 0 Å². The summed E-state index contributed by atoms with van der Waals surface area (Å²) in [5, 5.41) is 17.8. The van der Waals surface area contributed by atoms with Gasteiger partial charge in [-0.15, -0.1) is 22.7 Å². The molecule has 14 nitrogen and oxygen atoms in total. The van der Waals surface area contributed by atoms with E-state index in [-0.39, 0.29) is 0 Å². The predicted molar refractivity (Wildman–Crippen MR) is 295 cm³/mol. The first kappa shape index (κ1) is 49.9. The molecule has 3 fully saturated rings. The van der Waals surface area contributed by atoms with Crippen LogP contribution in [0.15, 0.2) is 114 Å². The van der Waals surface area contributed by atoms with E-state index in [9.17, 15) is 0 Å². The Labute approximate surface area is 436 Å². The van der Waals surface area contributed by atoms with E-state index in [0.29, 0.717) is 24.0 Å². The molecule has 378 valence electrons. The van der Waals surface area contributed by atoms with Crippen LogP contribution in [0.1, 0.15) is 61.1 Å². The molecule has 4 N–H and O–H groups in total. The fourth-order valence-corrected chi connectivity index (χ4v) is 11.7. The number of thiophene rings is 2. The van der Waals surface area contributed by atoms with Crippen LogP contribution in [0.5, 0.6) is 11.5 Å². The molecule has 0 saturated carbocycles. The maximum absolute atomic E-state index is 5.94. The van der Waals surface area contributed by atoms with Crippen LogP contribution in [-0.2, 0) is 4.74 Å². The van der Waals surface area contributed by atoms with Crippen LogP contribution in [-0.4, -0.2) is 89.8 Å². The van der Waals surface area contributed by atoms with Crippen molar-refractivity contribution < 1.29 is 18.7 Å². The zero-order chi connectivity index (χ0) is 49.9. The number of rotatable bonds is 17. The Morgan fingerprint density at radius 2 is 1.18 bits per heavy atom. The molecule has 11 rings (SSSR count). The maximum Gasteiger partial charge on any atom is 0.227 e. The van der Waals surface area contributed by atoms with E-state index in [1.54, 1.807) is 22.7 Å². The number of hydrogen-bond acceptors (Lipinski definition) is 16. The Morgan fingerprint density at radius 3 is 1.70 bits per heavy atom. The monoisotopic (exact) mass is 1020 g/mol. The van der Waals surface area contributed by atoms with Gasteiger partial charge in [0, 0.05) is 64.4 Å².